The maximum absolute atomic E-state index is 12.5. The van der Waals surface area contributed by atoms with Crippen LogP contribution < -0.4 is 0 Å². The standard InChI is InChI=1S/C17H22N4O4/c1-23-10-7-15-19-16(25-20-15)12-24-13-5-4-9-21(11-13)17(22)14-6-2-3-8-18-14/h2-3,6,8,13H,4-5,7,9-12H2,1H3/t13-/m0/s1. The second-order valence-corrected chi connectivity index (χ2v) is 5.89. The van der Waals surface area contributed by atoms with Crippen LogP contribution in [0, 0.1) is 0 Å². The van der Waals surface area contributed by atoms with Crippen LogP contribution in [-0.4, -0.2) is 58.8 Å². The first kappa shape index (κ1) is 17.5. The van der Waals surface area contributed by atoms with E-state index < -0.39 is 0 Å². The fraction of sp³-hybridized carbons (Fsp3) is 0.529. The number of hydrogen-bond acceptors (Lipinski definition) is 7. The van der Waals surface area contributed by atoms with Crippen LogP contribution in [0.2, 0.25) is 0 Å². The highest BCUT2D eigenvalue weighted by molar-refractivity contribution is 5.92. The van der Waals surface area contributed by atoms with Crippen LogP contribution in [0.4, 0.5) is 0 Å². The minimum absolute atomic E-state index is 0.0456. The zero-order chi connectivity index (χ0) is 17.5. The quantitative estimate of drug-likeness (QED) is 0.750. The van der Waals surface area contributed by atoms with E-state index in [0.29, 0.717) is 37.0 Å². The van der Waals surface area contributed by atoms with Gasteiger partial charge >= 0.3 is 0 Å². The fourth-order valence-electron chi connectivity index (χ4n) is 2.74. The van der Waals surface area contributed by atoms with Gasteiger partial charge in [-0.3, -0.25) is 9.78 Å². The van der Waals surface area contributed by atoms with Gasteiger partial charge in [0.15, 0.2) is 5.82 Å². The van der Waals surface area contributed by atoms with Crippen LogP contribution in [0.15, 0.2) is 28.9 Å². The third-order valence-corrected chi connectivity index (χ3v) is 4.03. The average molecular weight is 346 g/mol. The molecule has 2 aromatic rings. The van der Waals surface area contributed by atoms with Gasteiger partial charge in [-0.2, -0.15) is 4.98 Å². The van der Waals surface area contributed by atoms with Crippen molar-refractivity contribution in [3.8, 4) is 0 Å². The molecule has 0 aliphatic carbocycles. The second kappa shape index (κ2) is 8.68. The van der Waals surface area contributed by atoms with Gasteiger partial charge in [-0.1, -0.05) is 11.2 Å². The zero-order valence-corrected chi connectivity index (χ0v) is 14.3. The normalized spacial score (nSPS) is 17.6. The number of methoxy groups -OCH3 is 1. The van der Waals surface area contributed by atoms with Gasteiger partial charge in [-0.15, -0.1) is 0 Å². The van der Waals surface area contributed by atoms with Crippen LogP contribution in [0.25, 0.3) is 0 Å². The molecule has 0 radical (unpaired) electrons. The van der Waals surface area contributed by atoms with Gasteiger partial charge < -0.3 is 18.9 Å². The first-order chi connectivity index (χ1) is 12.3. The molecule has 1 saturated heterocycles. The predicted molar refractivity (Wildman–Crippen MR) is 87.8 cm³/mol. The first-order valence-corrected chi connectivity index (χ1v) is 8.38. The SMILES string of the molecule is COCCc1noc(CO[C@H]2CCCN(C(=O)c3ccccn3)C2)n1. The maximum atomic E-state index is 12.5. The summed E-state index contributed by atoms with van der Waals surface area (Å²) in [5.41, 5.74) is 0.461. The second-order valence-electron chi connectivity index (χ2n) is 5.89. The number of rotatable bonds is 7. The van der Waals surface area contributed by atoms with E-state index in [0.717, 1.165) is 19.4 Å². The van der Waals surface area contributed by atoms with Gasteiger partial charge in [0.1, 0.15) is 12.3 Å². The molecule has 1 fully saturated rings. The Bertz CT molecular complexity index is 676. The summed E-state index contributed by atoms with van der Waals surface area (Å²) < 4.78 is 16.0. The van der Waals surface area contributed by atoms with Crippen molar-refractivity contribution in [2.75, 3.05) is 26.8 Å². The van der Waals surface area contributed by atoms with Gasteiger partial charge in [0, 0.05) is 32.8 Å². The highest BCUT2D eigenvalue weighted by atomic mass is 16.5. The molecule has 0 aromatic carbocycles. The molecule has 0 N–H and O–H groups in total. The molecular formula is C17H22N4O4. The number of carbonyl (C=O) groups excluding carboxylic acids is 1. The van der Waals surface area contributed by atoms with Crippen LogP contribution in [-0.2, 0) is 22.5 Å². The molecule has 134 valence electrons. The molecule has 0 saturated carbocycles. The van der Waals surface area contributed by atoms with Crippen molar-refractivity contribution in [2.24, 2.45) is 0 Å². The van der Waals surface area contributed by atoms with E-state index in [1.54, 1.807) is 30.3 Å². The van der Waals surface area contributed by atoms with E-state index in [1.807, 2.05) is 6.07 Å². The number of nitrogens with zero attached hydrogens (tertiary/aromatic N) is 4. The molecule has 1 atom stereocenters. The number of hydrogen-bond donors (Lipinski definition) is 0. The number of amides is 1. The molecule has 1 amide bonds. The smallest absolute Gasteiger partial charge is 0.272 e. The Labute approximate surface area is 146 Å². The van der Waals surface area contributed by atoms with E-state index in [-0.39, 0.29) is 18.6 Å². The zero-order valence-electron chi connectivity index (χ0n) is 14.3. The van der Waals surface area contributed by atoms with Gasteiger partial charge in [0.2, 0.25) is 0 Å². The Morgan fingerprint density at radius 2 is 2.36 bits per heavy atom. The topological polar surface area (TPSA) is 90.6 Å². The van der Waals surface area contributed by atoms with Gasteiger partial charge in [-0.05, 0) is 25.0 Å². The van der Waals surface area contributed by atoms with Crippen molar-refractivity contribution in [1.82, 2.24) is 20.0 Å². The summed E-state index contributed by atoms with van der Waals surface area (Å²) >= 11 is 0. The molecule has 0 bridgehead atoms. The van der Waals surface area contributed by atoms with E-state index in [2.05, 4.69) is 15.1 Å². The molecule has 2 aromatic heterocycles. The third kappa shape index (κ3) is 4.83. The number of pyridine rings is 1. The van der Waals surface area contributed by atoms with Crippen molar-refractivity contribution in [3.63, 3.8) is 0 Å². The lowest BCUT2D eigenvalue weighted by Crippen LogP contribution is -2.43. The fourth-order valence-corrected chi connectivity index (χ4v) is 2.74. The highest BCUT2D eigenvalue weighted by Gasteiger charge is 2.26. The predicted octanol–water partition coefficient (Wildman–Crippen LogP) is 1.47. The van der Waals surface area contributed by atoms with Gasteiger partial charge in [-0.25, -0.2) is 0 Å². The monoisotopic (exact) mass is 346 g/mol. The molecule has 25 heavy (non-hydrogen) atoms. The van der Waals surface area contributed by atoms with Gasteiger partial charge in [0.05, 0.1) is 12.7 Å². The summed E-state index contributed by atoms with van der Waals surface area (Å²) in [7, 11) is 1.63. The van der Waals surface area contributed by atoms with Crippen LogP contribution in [0.3, 0.4) is 0 Å². The van der Waals surface area contributed by atoms with E-state index in [9.17, 15) is 4.79 Å². The average Bonchev–Trinajstić information content (AvgIpc) is 3.13. The number of ether oxygens (including phenoxy) is 2. The van der Waals surface area contributed by atoms with E-state index in [4.69, 9.17) is 14.0 Å². The van der Waals surface area contributed by atoms with Crippen molar-refractivity contribution >= 4 is 5.91 Å². The summed E-state index contributed by atoms with van der Waals surface area (Å²) in [5.74, 6) is 0.990. The lowest BCUT2D eigenvalue weighted by Gasteiger charge is -2.32. The van der Waals surface area contributed by atoms with E-state index >= 15 is 0 Å². The molecule has 1 aliphatic rings. The Morgan fingerprint density at radius 3 is 3.16 bits per heavy atom. The molecule has 8 nitrogen and oxygen atoms in total. The molecule has 0 spiro atoms. The van der Waals surface area contributed by atoms with Gasteiger partial charge in [0.25, 0.3) is 11.8 Å². The number of carbonyl (C=O) groups is 1. The minimum atomic E-state index is -0.0615. The van der Waals surface area contributed by atoms with Crippen molar-refractivity contribution in [1.29, 1.82) is 0 Å². The lowest BCUT2D eigenvalue weighted by molar-refractivity contribution is -0.0155. The molecular weight excluding hydrogens is 324 g/mol. The Balaban J connectivity index is 1.50. The van der Waals surface area contributed by atoms with Crippen LogP contribution in [0.1, 0.15) is 35.0 Å². The Hall–Kier alpha value is -2.32. The van der Waals surface area contributed by atoms with Crippen molar-refractivity contribution < 1.29 is 18.8 Å². The number of likely N-dealkylation sites (tertiary alicyclic amines) is 1. The van der Waals surface area contributed by atoms with E-state index in [1.165, 1.54) is 0 Å². The van der Waals surface area contributed by atoms with Crippen LogP contribution >= 0.6 is 0 Å². The third-order valence-electron chi connectivity index (χ3n) is 4.03. The maximum Gasteiger partial charge on any atom is 0.272 e. The lowest BCUT2D eigenvalue weighted by atomic mass is 10.1. The highest BCUT2D eigenvalue weighted by Crippen LogP contribution is 2.16. The largest absolute Gasteiger partial charge is 0.384 e. The first-order valence-electron chi connectivity index (χ1n) is 8.38. The van der Waals surface area contributed by atoms with Crippen molar-refractivity contribution in [2.45, 2.75) is 32.0 Å². The molecule has 3 heterocycles. The number of piperidine rings is 1. The Kier molecular flexibility index (Phi) is 6.08. The summed E-state index contributed by atoms with van der Waals surface area (Å²) in [6.07, 6.45) is 3.98. The van der Waals surface area contributed by atoms with Crippen LogP contribution in [0.5, 0.6) is 0 Å². The molecule has 8 heteroatoms. The summed E-state index contributed by atoms with van der Waals surface area (Å²) in [6.45, 7) is 2.06. The molecule has 1 aliphatic heterocycles. The minimum Gasteiger partial charge on any atom is -0.384 e. The molecule has 0 unspecified atom stereocenters. The summed E-state index contributed by atoms with van der Waals surface area (Å²) in [4.78, 5) is 22.6. The summed E-state index contributed by atoms with van der Waals surface area (Å²) in [5, 5.41) is 3.88. The molecule has 3 rings (SSSR count). The van der Waals surface area contributed by atoms with Crippen molar-refractivity contribution in [3.05, 3.63) is 41.8 Å². The Morgan fingerprint density at radius 1 is 1.44 bits per heavy atom. The summed E-state index contributed by atoms with van der Waals surface area (Å²) in [6, 6.07) is 5.34. The number of aromatic nitrogens is 3.